The van der Waals surface area contributed by atoms with Gasteiger partial charge in [-0.05, 0) is 44.7 Å². The van der Waals surface area contributed by atoms with E-state index < -0.39 is 41.8 Å². The van der Waals surface area contributed by atoms with E-state index in [0.717, 1.165) is 10.7 Å². The van der Waals surface area contributed by atoms with E-state index in [-0.39, 0.29) is 49.1 Å². The van der Waals surface area contributed by atoms with Gasteiger partial charge in [0.05, 0.1) is 23.2 Å². The molecular formula is C30H42N6O6S. The quantitative estimate of drug-likeness (QED) is 0.360. The number of fused-ring (bicyclic) bond motifs is 1. The van der Waals surface area contributed by atoms with Gasteiger partial charge in [0.1, 0.15) is 24.4 Å². The first-order valence-corrected chi connectivity index (χ1v) is 15.4. The number of likely N-dealkylation sites (N-methyl/N-ethyl adjacent to an activating group) is 1. The third kappa shape index (κ3) is 10.3. The highest BCUT2D eigenvalue weighted by Gasteiger charge is 2.30. The Morgan fingerprint density at radius 2 is 1.88 bits per heavy atom. The molecule has 43 heavy (non-hydrogen) atoms. The van der Waals surface area contributed by atoms with Crippen LogP contribution in [0.2, 0.25) is 0 Å². The highest BCUT2D eigenvalue weighted by molar-refractivity contribution is 7.09. The Labute approximate surface area is 256 Å². The number of aryl methyl sites for hydroxylation is 2. The molecule has 4 N–H and O–H groups in total. The van der Waals surface area contributed by atoms with Crippen LogP contribution in [0.4, 0.5) is 0 Å². The molecule has 234 valence electrons. The second-order valence-electron chi connectivity index (χ2n) is 11.1. The van der Waals surface area contributed by atoms with Gasteiger partial charge in [-0.2, -0.15) is 0 Å². The van der Waals surface area contributed by atoms with Crippen LogP contribution in [0.5, 0.6) is 5.75 Å². The van der Waals surface area contributed by atoms with Crippen LogP contribution >= 0.6 is 11.3 Å². The van der Waals surface area contributed by atoms with Crippen molar-refractivity contribution in [1.82, 2.24) is 31.2 Å². The maximum absolute atomic E-state index is 13.4. The Balaban J connectivity index is 1.79. The lowest BCUT2D eigenvalue weighted by molar-refractivity contribution is -0.139. The van der Waals surface area contributed by atoms with Gasteiger partial charge in [-0.25, -0.2) is 4.98 Å². The number of carbonyl (C=O) groups excluding carboxylic acids is 5. The topological polar surface area (TPSA) is 159 Å². The van der Waals surface area contributed by atoms with E-state index in [2.05, 4.69) is 26.3 Å². The molecule has 1 aliphatic heterocycles. The fraction of sp³-hybridized carbons (Fsp3) is 0.533. The molecule has 2 heterocycles. The molecule has 0 unspecified atom stereocenters. The van der Waals surface area contributed by atoms with Crippen LogP contribution < -0.4 is 26.0 Å². The number of benzene rings is 1. The van der Waals surface area contributed by atoms with Crippen molar-refractivity contribution in [2.75, 3.05) is 26.7 Å². The lowest BCUT2D eigenvalue weighted by Crippen LogP contribution is -2.53. The van der Waals surface area contributed by atoms with E-state index in [1.54, 1.807) is 56.4 Å². The maximum Gasteiger partial charge on any atom is 0.255 e. The van der Waals surface area contributed by atoms with Gasteiger partial charge in [-0.15, -0.1) is 11.3 Å². The number of hydrogen-bond donors (Lipinski definition) is 4. The van der Waals surface area contributed by atoms with Gasteiger partial charge in [0.25, 0.3) is 5.91 Å². The van der Waals surface area contributed by atoms with Crippen molar-refractivity contribution in [1.29, 1.82) is 0 Å². The van der Waals surface area contributed by atoms with Crippen molar-refractivity contribution in [3.8, 4) is 5.75 Å². The van der Waals surface area contributed by atoms with Gasteiger partial charge in [0, 0.05) is 37.5 Å². The summed E-state index contributed by atoms with van der Waals surface area (Å²) in [6, 6.07) is 4.29. The highest BCUT2D eigenvalue weighted by Crippen LogP contribution is 2.19. The largest absolute Gasteiger partial charge is 0.491 e. The minimum Gasteiger partial charge on any atom is -0.491 e. The molecule has 1 aliphatic rings. The van der Waals surface area contributed by atoms with Gasteiger partial charge in [0.15, 0.2) is 0 Å². The van der Waals surface area contributed by atoms with Crippen LogP contribution in [0.3, 0.4) is 0 Å². The molecule has 12 nitrogen and oxygen atoms in total. The van der Waals surface area contributed by atoms with Gasteiger partial charge < -0.3 is 30.9 Å². The Bertz CT molecular complexity index is 1300. The number of para-hydroxylation sites is 1. The van der Waals surface area contributed by atoms with Gasteiger partial charge in [0.2, 0.25) is 23.6 Å². The third-order valence-electron chi connectivity index (χ3n) is 6.85. The number of nitrogens with zero attached hydrogens (tertiary/aromatic N) is 2. The second kappa shape index (κ2) is 16.0. The van der Waals surface area contributed by atoms with Crippen LogP contribution in [0.25, 0.3) is 0 Å². The summed E-state index contributed by atoms with van der Waals surface area (Å²) < 4.78 is 5.87. The number of hydrogen-bond acceptors (Lipinski definition) is 8. The van der Waals surface area contributed by atoms with Gasteiger partial charge >= 0.3 is 0 Å². The van der Waals surface area contributed by atoms with E-state index in [0.29, 0.717) is 19.4 Å². The van der Waals surface area contributed by atoms with Crippen molar-refractivity contribution in [3.05, 3.63) is 45.9 Å². The Morgan fingerprint density at radius 3 is 2.58 bits per heavy atom. The zero-order valence-electron chi connectivity index (χ0n) is 25.4. The molecule has 3 rings (SSSR count). The fourth-order valence-electron chi connectivity index (χ4n) is 4.52. The summed E-state index contributed by atoms with van der Waals surface area (Å²) in [5.41, 5.74) is 1.17. The molecule has 0 bridgehead atoms. The third-order valence-corrected chi connectivity index (χ3v) is 7.88. The lowest BCUT2D eigenvalue weighted by Gasteiger charge is -2.28. The van der Waals surface area contributed by atoms with Gasteiger partial charge in [-0.1, -0.05) is 26.0 Å². The summed E-state index contributed by atoms with van der Waals surface area (Å²) in [6.45, 7) is 7.50. The second-order valence-corrected chi connectivity index (χ2v) is 12.0. The molecule has 1 aromatic carbocycles. The zero-order chi connectivity index (χ0) is 31.5. The summed E-state index contributed by atoms with van der Waals surface area (Å²) in [6.07, 6.45) is 1.26. The minimum atomic E-state index is -1.01. The number of thiazole rings is 1. The number of carbonyl (C=O) groups is 5. The number of nitrogens with one attached hydrogen (secondary N) is 4. The summed E-state index contributed by atoms with van der Waals surface area (Å²) >= 11 is 1.57. The summed E-state index contributed by atoms with van der Waals surface area (Å²) in [5, 5.41) is 14.1. The molecule has 5 amide bonds. The lowest BCUT2D eigenvalue weighted by atomic mass is 10.0. The van der Waals surface area contributed by atoms with E-state index in [9.17, 15) is 24.0 Å². The standard InChI is InChI=1S/C30H42N6O6S/c1-18(2)27-30(41)36(5)15-25(38)32-19(3)16-42-23-10-7-6-9-21(23)28(39)34-22(12-13-24(37)35-27)29(40)31-14-8-11-26-33-20(4)17-43-26/h6-7,9-10,17-19,22,27H,8,11-16H2,1-5H3,(H,31,40)(H,32,38)(H,34,39)(H,35,37)/t19-,22-,27-/m0/s1. The number of ether oxygens (including phenoxy) is 1. The monoisotopic (exact) mass is 614 g/mol. The molecule has 3 atom stereocenters. The molecule has 0 fully saturated rings. The molecule has 13 heteroatoms. The SMILES string of the molecule is Cc1csc(CCCNC(=O)[C@@H]2CCC(=O)N[C@@H](C(C)C)C(=O)N(C)CC(=O)N[C@@H](C)COc3ccccc3C(=O)N2)n1. The molecule has 0 spiro atoms. The maximum atomic E-state index is 13.4. The first-order chi connectivity index (χ1) is 20.4. The van der Waals surface area contributed by atoms with Crippen LogP contribution in [0.1, 0.15) is 61.1 Å². The van der Waals surface area contributed by atoms with Crippen molar-refractivity contribution in [3.63, 3.8) is 0 Å². The van der Waals surface area contributed by atoms with Crippen LogP contribution in [-0.4, -0.2) is 84.3 Å². The zero-order valence-corrected chi connectivity index (χ0v) is 26.2. The normalized spacial score (nSPS) is 21.1. The van der Waals surface area contributed by atoms with E-state index >= 15 is 0 Å². The Kier molecular flexibility index (Phi) is 12.5. The minimum absolute atomic E-state index is 0.00634. The number of amides is 5. The predicted molar refractivity (Wildman–Crippen MR) is 163 cm³/mol. The van der Waals surface area contributed by atoms with Crippen molar-refractivity contribution in [2.24, 2.45) is 5.92 Å². The molecule has 0 saturated heterocycles. The molecular weight excluding hydrogens is 572 g/mol. The number of rotatable bonds is 6. The van der Waals surface area contributed by atoms with Crippen molar-refractivity contribution in [2.45, 2.75) is 71.5 Å². The highest BCUT2D eigenvalue weighted by atomic mass is 32.1. The molecule has 0 radical (unpaired) electrons. The van der Waals surface area contributed by atoms with E-state index in [4.69, 9.17) is 4.74 Å². The van der Waals surface area contributed by atoms with Gasteiger partial charge in [-0.3, -0.25) is 24.0 Å². The summed E-state index contributed by atoms with van der Waals surface area (Å²) in [7, 11) is 1.50. The summed E-state index contributed by atoms with van der Waals surface area (Å²) in [5.74, 6) is -2.17. The molecule has 0 aliphatic carbocycles. The molecule has 0 saturated carbocycles. The van der Waals surface area contributed by atoms with Crippen molar-refractivity contribution >= 4 is 40.9 Å². The van der Waals surface area contributed by atoms with Crippen LogP contribution in [0.15, 0.2) is 29.6 Å². The molecule has 1 aromatic heterocycles. The van der Waals surface area contributed by atoms with Crippen LogP contribution in [-0.2, 0) is 25.6 Å². The van der Waals surface area contributed by atoms with Crippen molar-refractivity contribution < 1.29 is 28.7 Å². The average molecular weight is 615 g/mol. The van der Waals surface area contributed by atoms with E-state index in [1.807, 2.05) is 12.3 Å². The smallest absolute Gasteiger partial charge is 0.255 e. The fourth-order valence-corrected chi connectivity index (χ4v) is 5.34. The summed E-state index contributed by atoms with van der Waals surface area (Å²) in [4.78, 5) is 71.0. The molecule has 2 aromatic rings. The Morgan fingerprint density at radius 1 is 1.14 bits per heavy atom. The first-order valence-electron chi connectivity index (χ1n) is 14.5. The first kappa shape index (κ1) is 33.5. The predicted octanol–water partition coefficient (Wildman–Crippen LogP) is 1.58. The van der Waals surface area contributed by atoms with Crippen LogP contribution in [0, 0.1) is 12.8 Å². The Hall–Kier alpha value is -4.00. The average Bonchev–Trinajstić information content (AvgIpc) is 3.38. The van der Waals surface area contributed by atoms with E-state index in [1.165, 1.54) is 11.9 Å². The number of aromatic nitrogens is 1.